The monoisotopic (exact) mass is 601 g/mol. The Bertz CT molecular complexity index is 1620. The van der Waals surface area contributed by atoms with Crippen molar-refractivity contribution in [2.24, 2.45) is 0 Å². The molecule has 2 aromatic carbocycles. The van der Waals surface area contributed by atoms with Crippen LogP contribution in [0.3, 0.4) is 0 Å². The molecule has 1 unspecified atom stereocenters. The van der Waals surface area contributed by atoms with Crippen LogP contribution in [0.5, 0.6) is 5.75 Å². The number of rotatable bonds is 9. The summed E-state index contributed by atoms with van der Waals surface area (Å²) in [5.74, 6) is -1.34. The van der Waals surface area contributed by atoms with Crippen LogP contribution in [0.25, 0.3) is 11.1 Å². The van der Waals surface area contributed by atoms with Crippen molar-refractivity contribution in [2.45, 2.75) is 37.2 Å². The summed E-state index contributed by atoms with van der Waals surface area (Å²) < 4.78 is 74.2. The molecular weight excluding hydrogens is 573 g/mol. The van der Waals surface area contributed by atoms with Gasteiger partial charge in [-0.25, -0.2) is 8.78 Å². The van der Waals surface area contributed by atoms with Crippen LogP contribution in [0.15, 0.2) is 76.7 Å². The molecule has 1 atom stereocenters. The molecule has 0 fully saturated rings. The van der Waals surface area contributed by atoms with Crippen molar-refractivity contribution in [3.63, 3.8) is 0 Å². The Kier molecular flexibility index (Phi) is 8.70. The van der Waals surface area contributed by atoms with E-state index in [4.69, 9.17) is 0 Å². The summed E-state index contributed by atoms with van der Waals surface area (Å²) in [6.07, 6.45) is -2.59. The second-order valence-electron chi connectivity index (χ2n) is 10.2. The lowest BCUT2D eigenvalue weighted by atomic mass is 9.94. The smallest absolute Gasteiger partial charge is 0.406 e. The fraction of sp³-hybridized carbons (Fsp3) is 0.290. The van der Waals surface area contributed by atoms with Gasteiger partial charge in [-0.2, -0.15) is 0 Å². The van der Waals surface area contributed by atoms with Crippen LogP contribution >= 0.6 is 11.8 Å². The highest BCUT2D eigenvalue weighted by Crippen LogP contribution is 2.40. The average molecular weight is 602 g/mol. The van der Waals surface area contributed by atoms with Crippen LogP contribution in [-0.2, 0) is 12.8 Å². The standard InChI is InChI=1S/C31H28F5N3O2S/c1-19-24(16-25-26(32)10-6-11-27(25)33)30-39(22(18-42-30)17-38(2)14-12-21-8-3-4-13-37-21)29(40)28(19)20-7-5-9-23(15-20)41-31(34,35)36/h3-11,13,15,22H,12,14,16-18H2,1-2H3. The molecule has 0 spiro atoms. The highest BCUT2D eigenvalue weighted by Gasteiger charge is 2.33. The third-order valence-electron chi connectivity index (χ3n) is 7.28. The van der Waals surface area contributed by atoms with Gasteiger partial charge in [-0.05, 0) is 67.1 Å². The number of ether oxygens (including phenoxy) is 1. The van der Waals surface area contributed by atoms with E-state index in [-0.39, 0.29) is 34.7 Å². The maximum absolute atomic E-state index is 14.8. The minimum Gasteiger partial charge on any atom is -0.406 e. The predicted octanol–water partition coefficient (Wildman–Crippen LogP) is 6.81. The summed E-state index contributed by atoms with van der Waals surface area (Å²) in [6.45, 7) is 2.86. The van der Waals surface area contributed by atoms with Crippen molar-refractivity contribution in [1.29, 1.82) is 0 Å². The third-order valence-corrected chi connectivity index (χ3v) is 8.55. The predicted molar refractivity (Wildman–Crippen MR) is 152 cm³/mol. The molecule has 0 saturated heterocycles. The number of benzene rings is 2. The highest BCUT2D eigenvalue weighted by atomic mass is 32.2. The van der Waals surface area contributed by atoms with E-state index in [2.05, 4.69) is 14.6 Å². The van der Waals surface area contributed by atoms with Gasteiger partial charge in [0, 0.05) is 49.1 Å². The van der Waals surface area contributed by atoms with Gasteiger partial charge in [-0.1, -0.05) is 24.3 Å². The Morgan fingerprint density at radius 2 is 1.79 bits per heavy atom. The van der Waals surface area contributed by atoms with Crippen LogP contribution in [0, 0.1) is 18.6 Å². The lowest BCUT2D eigenvalue weighted by Crippen LogP contribution is -2.35. The number of nitrogens with zero attached hydrogens (tertiary/aromatic N) is 3. The molecule has 0 saturated carbocycles. The first-order chi connectivity index (χ1) is 20.0. The lowest BCUT2D eigenvalue weighted by Gasteiger charge is -2.24. The Labute approximate surface area is 244 Å². The molecule has 5 rings (SSSR count). The molecule has 11 heteroatoms. The molecule has 1 aliphatic heterocycles. The molecule has 0 aliphatic carbocycles. The van der Waals surface area contributed by atoms with Crippen LogP contribution < -0.4 is 10.3 Å². The van der Waals surface area contributed by atoms with Crippen LogP contribution in [0.4, 0.5) is 22.0 Å². The van der Waals surface area contributed by atoms with E-state index >= 15 is 0 Å². The summed E-state index contributed by atoms with van der Waals surface area (Å²) >= 11 is 1.44. The summed E-state index contributed by atoms with van der Waals surface area (Å²) in [4.78, 5) is 20.5. The summed E-state index contributed by atoms with van der Waals surface area (Å²) in [5.41, 5.74) is 1.83. The Morgan fingerprint density at radius 3 is 2.48 bits per heavy atom. The zero-order valence-corrected chi connectivity index (χ0v) is 23.7. The van der Waals surface area contributed by atoms with Gasteiger partial charge in [0.25, 0.3) is 5.56 Å². The molecule has 42 heavy (non-hydrogen) atoms. The van der Waals surface area contributed by atoms with Crippen molar-refractivity contribution < 1.29 is 26.7 Å². The second-order valence-corrected chi connectivity index (χ2v) is 11.2. The molecule has 0 radical (unpaired) electrons. The zero-order chi connectivity index (χ0) is 30.0. The maximum atomic E-state index is 14.8. The third kappa shape index (κ3) is 6.52. The van der Waals surface area contributed by atoms with Gasteiger partial charge in [-0.15, -0.1) is 24.9 Å². The van der Waals surface area contributed by atoms with E-state index < -0.39 is 23.7 Å². The fourth-order valence-electron chi connectivity index (χ4n) is 5.28. The van der Waals surface area contributed by atoms with Gasteiger partial charge >= 0.3 is 6.36 Å². The van der Waals surface area contributed by atoms with Crippen molar-refractivity contribution in [1.82, 2.24) is 14.5 Å². The van der Waals surface area contributed by atoms with E-state index in [0.717, 1.165) is 17.8 Å². The molecule has 1 aliphatic rings. The number of halogens is 5. The first-order valence-electron chi connectivity index (χ1n) is 13.3. The zero-order valence-electron chi connectivity index (χ0n) is 22.9. The number of fused-ring (bicyclic) bond motifs is 1. The van der Waals surface area contributed by atoms with Gasteiger partial charge in [0.05, 0.1) is 16.6 Å². The molecule has 5 nitrogen and oxygen atoms in total. The largest absolute Gasteiger partial charge is 0.573 e. The minimum absolute atomic E-state index is 0.124. The molecule has 2 aromatic heterocycles. The van der Waals surface area contributed by atoms with Gasteiger partial charge in [0.15, 0.2) is 0 Å². The Hall–Kier alpha value is -3.70. The lowest BCUT2D eigenvalue weighted by molar-refractivity contribution is -0.274. The molecular formula is C31H28F5N3O2S. The highest BCUT2D eigenvalue weighted by molar-refractivity contribution is 7.99. The number of alkyl halides is 3. The van der Waals surface area contributed by atoms with E-state index in [1.165, 1.54) is 42.1 Å². The van der Waals surface area contributed by atoms with E-state index in [0.29, 0.717) is 41.4 Å². The molecule has 0 amide bonds. The average Bonchev–Trinajstić information content (AvgIpc) is 3.35. The number of hydrogen-bond donors (Lipinski definition) is 0. The van der Waals surface area contributed by atoms with E-state index in [1.807, 2.05) is 25.2 Å². The maximum Gasteiger partial charge on any atom is 0.573 e. The molecule has 0 N–H and O–H groups in total. The van der Waals surface area contributed by atoms with Crippen molar-refractivity contribution in [3.8, 4) is 16.9 Å². The minimum atomic E-state index is -4.91. The molecule has 3 heterocycles. The second kappa shape index (κ2) is 12.3. The normalized spacial score (nSPS) is 14.8. The van der Waals surface area contributed by atoms with Crippen LogP contribution in [0.1, 0.15) is 28.4 Å². The Morgan fingerprint density at radius 1 is 1.05 bits per heavy atom. The SMILES string of the molecule is Cc1c(Cc2c(F)cccc2F)c2n(c(=O)c1-c1cccc(OC(F)(F)F)c1)C(CN(C)CCc1ccccn1)CS2. The summed E-state index contributed by atoms with van der Waals surface area (Å²) in [7, 11) is 1.94. The molecule has 220 valence electrons. The van der Waals surface area contributed by atoms with E-state index in [1.54, 1.807) is 17.7 Å². The number of likely N-dealkylation sites (N-methyl/N-ethyl adjacent to an activating group) is 1. The number of aromatic nitrogens is 2. The van der Waals surface area contributed by atoms with Gasteiger partial charge < -0.3 is 9.64 Å². The van der Waals surface area contributed by atoms with Crippen molar-refractivity contribution in [2.75, 3.05) is 25.9 Å². The molecule has 0 bridgehead atoms. The number of pyridine rings is 2. The topological polar surface area (TPSA) is 47.4 Å². The number of hydrogen-bond acceptors (Lipinski definition) is 5. The van der Waals surface area contributed by atoms with Gasteiger partial charge in [0.1, 0.15) is 17.4 Å². The van der Waals surface area contributed by atoms with Crippen LogP contribution in [-0.4, -0.2) is 46.7 Å². The Balaban J connectivity index is 1.57. The van der Waals surface area contributed by atoms with Crippen LogP contribution in [0.2, 0.25) is 0 Å². The molecule has 4 aromatic rings. The summed E-state index contributed by atoms with van der Waals surface area (Å²) in [5, 5.41) is 0.606. The van der Waals surface area contributed by atoms with Crippen molar-refractivity contribution in [3.05, 3.63) is 111 Å². The fourth-order valence-corrected chi connectivity index (χ4v) is 6.65. The van der Waals surface area contributed by atoms with Gasteiger partial charge in [-0.3, -0.25) is 14.3 Å². The first kappa shape index (κ1) is 29.8. The van der Waals surface area contributed by atoms with Crippen molar-refractivity contribution >= 4 is 11.8 Å². The van der Waals surface area contributed by atoms with E-state index in [9.17, 15) is 26.7 Å². The summed E-state index contributed by atoms with van der Waals surface area (Å²) in [6, 6.07) is 14.3. The van der Waals surface area contributed by atoms with Gasteiger partial charge in [0.2, 0.25) is 0 Å². The number of thioether (sulfide) groups is 1. The first-order valence-corrected chi connectivity index (χ1v) is 14.3. The quantitative estimate of drug-likeness (QED) is 0.197.